The van der Waals surface area contributed by atoms with Crippen LogP contribution in [0.25, 0.3) is 10.9 Å². The lowest BCUT2D eigenvalue weighted by Crippen LogP contribution is -2.68. The summed E-state index contributed by atoms with van der Waals surface area (Å²) >= 11 is 0. The molecule has 4 atom stereocenters. The maximum atomic E-state index is 14.7. The number of piperazine rings is 1. The van der Waals surface area contributed by atoms with Gasteiger partial charge in [-0.25, -0.2) is 18.7 Å². The first kappa shape index (κ1) is 39.6. The van der Waals surface area contributed by atoms with Crippen molar-refractivity contribution >= 4 is 40.3 Å². The molecule has 3 N–H and O–H groups in total. The number of aliphatic hydroxyl groups excluding tert-OH is 1. The van der Waals surface area contributed by atoms with Gasteiger partial charge in [-0.15, -0.1) is 0 Å². The molecule has 2 aromatic heterocycles. The molecule has 1 spiro atoms. The molecule has 7 aliphatic heterocycles. The van der Waals surface area contributed by atoms with Gasteiger partial charge >= 0.3 is 0 Å². The number of ether oxygens (including phenoxy) is 3. The molecule has 9 heterocycles. The molecule has 4 aromatic rings. The smallest absolute Gasteiger partial charge is 0.283 e. The van der Waals surface area contributed by atoms with E-state index in [1.54, 1.807) is 22.2 Å². The number of rotatable bonds is 8. The van der Waals surface area contributed by atoms with Gasteiger partial charge < -0.3 is 39.0 Å². The number of hydrogen-bond acceptors (Lipinski definition) is 13. The molecule has 326 valence electrons. The van der Waals surface area contributed by atoms with Crippen LogP contribution in [-0.2, 0) is 32.0 Å². The number of para-hydroxylation sites is 1. The number of anilines is 2. The van der Waals surface area contributed by atoms with Crippen molar-refractivity contribution in [2.45, 2.75) is 68.6 Å². The lowest BCUT2D eigenvalue weighted by Gasteiger charge is -2.52. The van der Waals surface area contributed by atoms with Crippen molar-refractivity contribution in [1.29, 1.82) is 0 Å². The second kappa shape index (κ2) is 14.9. The zero-order chi connectivity index (χ0) is 42.5. The van der Waals surface area contributed by atoms with Gasteiger partial charge in [0.1, 0.15) is 25.0 Å². The summed E-state index contributed by atoms with van der Waals surface area (Å²) in [7, 11) is 0. The van der Waals surface area contributed by atoms with E-state index in [0.717, 1.165) is 59.6 Å². The Morgan fingerprint density at radius 1 is 1.02 bits per heavy atom. The Labute approximate surface area is 356 Å². The van der Waals surface area contributed by atoms with E-state index >= 15 is 0 Å². The average molecular weight is 854 g/mol. The summed E-state index contributed by atoms with van der Waals surface area (Å²) < 4.78 is 48.5. The Balaban J connectivity index is 0.695. The third kappa shape index (κ3) is 6.77. The van der Waals surface area contributed by atoms with Crippen molar-refractivity contribution in [3.05, 3.63) is 76.7 Å². The maximum Gasteiger partial charge on any atom is 0.283 e. The Morgan fingerprint density at radius 3 is 2.58 bits per heavy atom. The molecule has 16 nitrogen and oxygen atoms in total. The van der Waals surface area contributed by atoms with Gasteiger partial charge in [-0.2, -0.15) is 0 Å². The van der Waals surface area contributed by atoms with Gasteiger partial charge in [-0.05, 0) is 49.1 Å². The lowest BCUT2D eigenvalue weighted by molar-refractivity contribution is -0.293. The van der Waals surface area contributed by atoms with Gasteiger partial charge in [-0.3, -0.25) is 29.5 Å². The fraction of sp³-hybridized carbons (Fsp3) is 0.523. The first-order valence-corrected chi connectivity index (χ1v) is 21.6. The van der Waals surface area contributed by atoms with Crippen LogP contribution in [0.4, 0.5) is 20.4 Å². The Bertz CT molecular complexity index is 2430. The predicted molar refractivity (Wildman–Crippen MR) is 220 cm³/mol. The number of nitrogens with one attached hydrogen (secondary N) is 2. The molecule has 7 aliphatic rings. The van der Waals surface area contributed by atoms with Gasteiger partial charge in [-0.1, -0.05) is 18.2 Å². The van der Waals surface area contributed by atoms with E-state index in [4.69, 9.17) is 24.2 Å². The predicted octanol–water partition coefficient (Wildman–Crippen LogP) is 2.45. The maximum absolute atomic E-state index is 14.7. The number of H-pyrrole nitrogens is 1. The first-order valence-electron chi connectivity index (χ1n) is 21.6. The minimum absolute atomic E-state index is 0.136. The molecule has 3 amide bonds. The number of aromatic nitrogens is 3. The second-order valence-corrected chi connectivity index (χ2v) is 18.1. The van der Waals surface area contributed by atoms with E-state index in [-0.39, 0.29) is 36.2 Å². The van der Waals surface area contributed by atoms with Crippen molar-refractivity contribution in [1.82, 2.24) is 35.0 Å². The van der Waals surface area contributed by atoms with E-state index < -0.39 is 42.9 Å². The molecule has 1 unspecified atom stereocenters. The molecule has 0 bridgehead atoms. The van der Waals surface area contributed by atoms with Crippen LogP contribution in [0.3, 0.4) is 0 Å². The Hall–Kier alpha value is -5.27. The largest absolute Gasteiger partial charge is 0.489 e. The standard InChI is InChI=1S/C44H49F2N9O7/c1-25-10-32-30-4-2-3-5-33(30)49-38(32)39(55(25)21-43(45,46)24-56)28-13-47-42(48-14-28)52-22-44(23-52)61-18-26(19-62-44)15-51-8-9-53-29(17-51)20-60-36-12-31-27(11-35(36)53)16-54(41(31)59)34-6-7-37(57)50-40(34)58/h2-5,11-14,25-26,29,34,39,49,56H,6-10,15-24H2,1H3,(H,50,57,58)/t25-,29+,34?,39-/m1/s1. The fourth-order valence-corrected chi connectivity index (χ4v) is 10.7. The summed E-state index contributed by atoms with van der Waals surface area (Å²) in [5, 5.41) is 12.9. The number of hydrogen-bond donors (Lipinski definition) is 3. The van der Waals surface area contributed by atoms with Gasteiger partial charge in [0.25, 0.3) is 11.8 Å². The van der Waals surface area contributed by atoms with Crippen LogP contribution < -0.4 is 19.9 Å². The zero-order valence-electron chi connectivity index (χ0n) is 34.4. The number of imide groups is 1. The van der Waals surface area contributed by atoms with Crippen LogP contribution in [0.5, 0.6) is 5.75 Å². The van der Waals surface area contributed by atoms with Crippen molar-refractivity contribution in [2.24, 2.45) is 5.92 Å². The van der Waals surface area contributed by atoms with Crippen molar-refractivity contribution in [3.63, 3.8) is 0 Å². The number of carbonyl (C=O) groups excluding carboxylic acids is 3. The van der Waals surface area contributed by atoms with E-state index in [1.807, 2.05) is 42.2 Å². The van der Waals surface area contributed by atoms with E-state index in [0.29, 0.717) is 75.1 Å². The van der Waals surface area contributed by atoms with Crippen molar-refractivity contribution in [2.75, 3.05) is 82.0 Å². The highest BCUT2D eigenvalue weighted by molar-refractivity contribution is 6.06. The first-order chi connectivity index (χ1) is 29.9. The van der Waals surface area contributed by atoms with Crippen LogP contribution in [0.1, 0.15) is 58.5 Å². The monoisotopic (exact) mass is 853 g/mol. The summed E-state index contributed by atoms with van der Waals surface area (Å²) in [6.45, 7) is 6.26. The highest BCUT2D eigenvalue weighted by atomic mass is 19.3. The van der Waals surface area contributed by atoms with Crippen LogP contribution in [0, 0.1) is 5.92 Å². The average Bonchev–Trinajstić information content (AvgIpc) is 3.78. The molecule has 0 saturated carbocycles. The van der Waals surface area contributed by atoms with Gasteiger partial charge in [0.2, 0.25) is 23.5 Å². The number of nitrogens with zero attached hydrogens (tertiary/aromatic N) is 7. The molecule has 11 rings (SSSR count). The van der Waals surface area contributed by atoms with E-state index in [2.05, 4.69) is 26.2 Å². The summed E-state index contributed by atoms with van der Waals surface area (Å²) in [6, 6.07) is 10.5. The molecule has 18 heteroatoms. The topological polar surface area (TPSA) is 169 Å². The molecule has 0 aliphatic carbocycles. The number of halogens is 2. The van der Waals surface area contributed by atoms with Crippen LogP contribution in [0.15, 0.2) is 48.8 Å². The van der Waals surface area contributed by atoms with Crippen LogP contribution >= 0.6 is 0 Å². The number of aromatic amines is 1. The molecular weight excluding hydrogens is 805 g/mol. The summed E-state index contributed by atoms with van der Waals surface area (Å²) in [4.78, 5) is 60.7. The molecule has 0 radical (unpaired) electrons. The van der Waals surface area contributed by atoms with Gasteiger partial charge in [0, 0.05) is 91.2 Å². The number of benzene rings is 2. The van der Waals surface area contributed by atoms with Gasteiger partial charge in [0.05, 0.1) is 50.6 Å². The molecule has 4 fully saturated rings. The highest BCUT2D eigenvalue weighted by Gasteiger charge is 2.50. The number of aliphatic hydroxyl groups is 1. The SMILES string of the molecule is C[C@@H]1Cc2c([nH]c3ccccc23)[C@@H](c2cnc(N3CC4(C3)OCC(CN3CCN5c6cc7c(cc6OC[C@@H]5C3)C(=O)N(C3CCC(=O)NC3=O)C7)CO4)nc2)N1CC(F)(F)CO. The quantitative estimate of drug-likeness (QED) is 0.222. The van der Waals surface area contributed by atoms with Crippen molar-refractivity contribution in [3.8, 4) is 5.75 Å². The van der Waals surface area contributed by atoms with E-state index in [1.165, 1.54) is 0 Å². The lowest BCUT2D eigenvalue weighted by atomic mass is 9.89. The zero-order valence-corrected chi connectivity index (χ0v) is 34.4. The number of amides is 3. The number of piperidine rings is 1. The Morgan fingerprint density at radius 2 is 1.81 bits per heavy atom. The summed E-state index contributed by atoms with van der Waals surface area (Å²) in [5.74, 6) is -3.56. The van der Waals surface area contributed by atoms with E-state index in [9.17, 15) is 28.3 Å². The molecule has 62 heavy (non-hydrogen) atoms. The number of alkyl halides is 2. The molecule has 4 saturated heterocycles. The molecular formula is C44H49F2N9O7. The third-order valence-corrected chi connectivity index (χ3v) is 13.9. The minimum Gasteiger partial charge on any atom is -0.489 e. The van der Waals surface area contributed by atoms with Crippen LogP contribution in [-0.4, -0.2) is 155 Å². The summed E-state index contributed by atoms with van der Waals surface area (Å²) in [5.41, 5.74) is 5.96. The highest BCUT2D eigenvalue weighted by Crippen LogP contribution is 2.44. The van der Waals surface area contributed by atoms with Crippen LogP contribution in [0.2, 0.25) is 0 Å². The minimum atomic E-state index is -3.27. The number of fused-ring (bicyclic) bond motifs is 7. The number of carbonyl (C=O) groups is 3. The third-order valence-electron chi connectivity index (χ3n) is 13.9. The fourth-order valence-electron chi connectivity index (χ4n) is 10.7. The normalized spacial score (nSPS) is 26.5. The van der Waals surface area contributed by atoms with Gasteiger partial charge in [0.15, 0.2) is 0 Å². The Kier molecular flexibility index (Phi) is 9.53. The molecule has 2 aromatic carbocycles. The van der Waals surface area contributed by atoms with Crippen molar-refractivity contribution < 1.29 is 42.5 Å². The second-order valence-electron chi connectivity index (χ2n) is 18.1. The summed E-state index contributed by atoms with van der Waals surface area (Å²) in [6.07, 6.45) is 4.56.